The Morgan fingerprint density at radius 1 is 1.38 bits per heavy atom. The number of benzene rings is 1. The van der Waals surface area contributed by atoms with Gasteiger partial charge in [0, 0.05) is 6.42 Å². The maximum absolute atomic E-state index is 5.62. The van der Waals surface area contributed by atoms with Crippen LogP contribution in [0.15, 0.2) is 18.2 Å². The van der Waals surface area contributed by atoms with E-state index in [1.807, 2.05) is 0 Å². The van der Waals surface area contributed by atoms with Gasteiger partial charge in [0.2, 0.25) is 0 Å². The molecule has 3 rings (SSSR count). The number of epoxide rings is 1. The van der Waals surface area contributed by atoms with Crippen LogP contribution >= 0.6 is 0 Å². The summed E-state index contributed by atoms with van der Waals surface area (Å²) in [7, 11) is 0. The van der Waals surface area contributed by atoms with Crippen molar-refractivity contribution in [1.82, 2.24) is 0 Å². The predicted molar refractivity (Wildman–Crippen MR) is 48.9 cm³/mol. The quantitative estimate of drug-likeness (QED) is 0.611. The molecule has 13 heavy (non-hydrogen) atoms. The fraction of sp³-hybridized carbons (Fsp3) is 0.455. The summed E-state index contributed by atoms with van der Waals surface area (Å²) >= 11 is 0. The van der Waals surface area contributed by atoms with E-state index in [2.05, 4.69) is 25.1 Å². The van der Waals surface area contributed by atoms with Gasteiger partial charge in [0.15, 0.2) is 0 Å². The van der Waals surface area contributed by atoms with Gasteiger partial charge in [-0.05, 0) is 30.2 Å². The molecule has 1 aromatic carbocycles. The molecule has 0 bridgehead atoms. The van der Waals surface area contributed by atoms with Crippen molar-refractivity contribution in [2.24, 2.45) is 0 Å². The van der Waals surface area contributed by atoms with Crippen LogP contribution in [0, 0.1) is 0 Å². The van der Waals surface area contributed by atoms with Crippen LogP contribution in [0.25, 0.3) is 0 Å². The van der Waals surface area contributed by atoms with Gasteiger partial charge in [0.1, 0.15) is 18.0 Å². The van der Waals surface area contributed by atoms with Crippen LogP contribution < -0.4 is 4.74 Å². The molecule has 0 radical (unpaired) electrons. The fourth-order valence-electron chi connectivity index (χ4n) is 1.88. The van der Waals surface area contributed by atoms with Gasteiger partial charge in [-0.1, -0.05) is 6.07 Å². The number of ether oxygens (including phenoxy) is 2. The molecule has 0 amide bonds. The van der Waals surface area contributed by atoms with E-state index in [4.69, 9.17) is 9.47 Å². The van der Waals surface area contributed by atoms with Crippen LogP contribution in [0.2, 0.25) is 0 Å². The summed E-state index contributed by atoms with van der Waals surface area (Å²) in [6.07, 6.45) is 1.74. The minimum Gasteiger partial charge on any atom is -0.490 e. The third-order valence-electron chi connectivity index (χ3n) is 2.63. The first-order valence-electron chi connectivity index (χ1n) is 4.74. The maximum Gasteiger partial charge on any atom is 0.123 e. The number of hydrogen-bond donors (Lipinski definition) is 0. The second-order valence-electron chi connectivity index (χ2n) is 3.82. The lowest BCUT2D eigenvalue weighted by atomic mass is 10.1. The minimum atomic E-state index is 0.338. The van der Waals surface area contributed by atoms with Crippen LogP contribution in [-0.4, -0.2) is 12.7 Å². The summed E-state index contributed by atoms with van der Waals surface area (Å²) in [4.78, 5) is 0. The standard InChI is InChI=1S/C11H12O2/c1-7-4-9-5-8(11-6-12-11)2-3-10(9)13-7/h2-3,5,7,11H,4,6H2,1H3/t7?,11-/m1/s1. The third-order valence-corrected chi connectivity index (χ3v) is 2.63. The average molecular weight is 176 g/mol. The summed E-state index contributed by atoms with van der Waals surface area (Å²) in [5.41, 5.74) is 2.64. The number of rotatable bonds is 1. The summed E-state index contributed by atoms with van der Waals surface area (Å²) in [6.45, 7) is 2.99. The van der Waals surface area contributed by atoms with Crippen molar-refractivity contribution in [3.8, 4) is 5.75 Å². The van der Waals surface area contributed by atoms with Gasteiger partial charge in [0.25, 0.3) is 0 Å². The van der Waals surface area contributed by atoms with Crippen molar-refractivity contribution in [3.63, 3.8) is 0 Å². The Labute approximate surface area is 77.5 Å². The molecular weight excluding hydrogens is 164 g/mol. The Balaban J connectivity index is 1.98. The van der Waals surface area contributed by atoms with Gasteiger partial charge in [-0.25, -0.2) is 0 Å². The van der Waals surface area contributed by atoms with E-state index in [1.54, 1.807) is 0 Å². The van der Waals surface area contributed by atoms with Gasteiger partial charge in [0.05, 0.1) is 6.61 Å². The molecule has 1 aromatic rings. The summed E-state index contributed by atoms with van der Waals surface area (Å²) in [6, 6.07) is 6.39. The molecule has 1 unspecified atom stereocenters. The second-order valence-corrected chi connectivity index (χ2v) is 3.82. The maximum atomic E-state index is 5.62. The van der Waals surface area contributed by atoms with E-state index in [9.17, 15) is 0 Å². The molecule has 2 nitrogen and oxygen atoms in total. The highest BCUT2D eigenvalue weighted by Gasteiger charge is 2.27. The zero-order valence-corrected chi connectivity index (χ0v) is 7.62. The van der Waals surface area contributed by atoms with E-state index < -0.39 is 0 Å². The lowest BCUT2D eigenvalue weighted by molar-refractivity contribution is 0.254. The first kappa shape index (κ1) is 7.39. The van der Waals surface area contributed by atoms with E-state index >= 15 is 0 Å². The molecule has 1 saturated heterocycles. The van der Waals surface area contributed by atoms with Crippen LogP contribution in [-0.2, 0) is 11.2 Å². The minimum absolute atomic E-state index is 0.338. The van der Waals surface area contributed by atoms with E-state index in [0.29, 0.717) is 12.2 Å². The Kier molecular flexibility index (Phi) is 1.41. The highest BCUT2D eigenvalue weighted by molar-refractivity contribution is 5.41. The van der Waals surface area contributed by atoms with Crippen LogP contribution in [0.5, 0.6) is 5.75 Å². The van der Waals surface area contributed by atoms with Gasteiger partial charge in [-0.2, -0.15) is 0 Å². The van der Waals surface area contributed by atoms with Crippen molar-refractivity contribution >= 4 is 0 Å². The zero-order chi connectivity index (χ0) is 8.84. The zero-order valence-electron chi connectivity index (χ0n) is 7.62. The van der Waals surface area contributed by atoms with E-state index in [-0.39, 0.29) is 0 Å². The van der Waals surface area contributed by atoms with Crippen molar-refractivity contribution in [2.75, 3.05) is 6.61 Å². The molecule has 1 fully saturated rings. The molecule has 2 aliphatic rings. The first-order chi connectivity index (χ1) is 6.33. The third kappa shape index (κ3) is 1.22. The van der Waals surface area contributed by atoms with Gasteiger partial charge in [-0.15, -0.1) is 0 Å². The normalized spacial score (nSPS) is 29.6. The molecule has 0 aromatic heterocycles. The van der Waals surface area contributed by atoms with Crippen molar-refractivity contribution in [1.29, 1.82) is 0 Å². The summed E-state index contributed by atoms with van der Waals surface area (Å²) < 4.78 is 10.9. The number of hydrogen-bond acceptors (Lipinski definition) is 2. The predicted octanol–water partition coefficient (Wildman–Crippen LogP) is 2.08. The van der Waals surface area contributed by atoms with Gasteiger partial charge >= 0.3 is 0 Å². The molecule has 0 N–H and O–H groups in total. The first-order valence-corrected chi connectivity index (χ1v) is 4.74. The summed E-state index contributed by atoms with van der Waals surface area (Å²) in [5.74, 6) is 1.05. The number of fused-ring (bicyclic) bond motifs is 1. The lowest BCUT2D eigenvalue weighted by Gasteiger charge is -2.02. The monoisotopic (exact) mass is 176 g/mol. The lowest BCUT2D eigenvalue weighted by Crippen LogP contribution is -2.05. The topological polar surface area (TPSA) is 21.8 Å². The molecule has 2 heterocycles. The highest BCUT2D eigenvalue weighted by Crippen LogP contribution is 2.35. The largest absolute Gasteiger partial charge is 0.490 e. The molecule has 2 atom stereocenters. The fourth-order valence-corrected chi connectivity index (χ4v) is 1.88. The SMILES string of the molecule is CC1Cc2cc([C@H]3CO3)ccc2O1. The Morgan fingerprint density at radius 2 is 2.23 bits per heavy atom. The molecule has 0 spiro atoms. The van der Waals surface area contributed by atoms with Gasteiger partial charge in [-0.3, -0.25) is 0 Å². The second kappa shape index (κ2) is 2.48. The molecule has 2 aliphatic heterocycles. The summed E-state index contributed by atoms with van der Waals surface area (Å²) in [5, 5.41) is 0. The molecule has 2 heteroatoms. The molecule has 68 valence electrons. The average Bonchev–Trinajstić information content (AvgIpc) is 2.87. The van der Waals surface area contributed by atoms with Crippen LogP contribution in [0.1, 0.15) is 24.2 Å². The highest BCUT2D eigenvalue weighted by atomic mass is 16.6. The Bertz CT molecular complexity index is 342. The Morgan fingerprint density at radius 3 is 3.00 bits per heavy atom. The molecular formula is C11H12O2. The molecule has 0 saturated carbocycles. The van der Waals surface area contributed by atoms with Crippen LogP contribution in [0.4, 0.5) is 0 Å². The molecule has 0 aliphatic carbocycles. The van der Waals surface area contributed by atoms with Crippen molar-refractivity contribution < 1.29 is 9.47 Å². The van der Waals surface area contributed by atoms with Crippen molar-refractivity contribution in [3.05, 3.63) is 29.3 Å². The Hall–Kier alpha value is -1.02. The van der Waals surface area contributed by atoms with Crippen molar-refractivity contribution in [2.45, 2.75) is 25.6 Å². The van der Waals surface area contributed by atoms with Gasteiger partial charge < -0.3 is 9.47 Å². The smallest absolute Gasteiger partial charge is 0.123 e. The van der Waals surface area contributed by atoms with Crippen LogP contribution in [0.3, 0.4) is 0 Å². The van der Waals surface area contributed by atoms with E-state index in [0.717, 1.165) is 18.8 Å². The van der Waals surface area contributed by atoms with E-state index in [1.165, 1.54) is 11.1 Å².